The van der Waals surface area contributed by atoms with Crippen molar-refractivity contribution in [3.8, 4) is 24.0 Å². The molecule has 10 heteroatoms. The number of thiophene rings is 1. The van der Waals surface area contributed by atoms with Crippen molar-refractivity contribution < 1.29 is 23.0 Å². The molecule has 204 valence electrons. The number of ether oxygens (including phenoxy) is 1. The van der Waals surface area contributed by atoms with E-state index in [-0.39, 0.29) is 11.3 Å². The first-order chi connectivity index (χ1) is 19.7. The number of nitrogens with one attached hydrogen (secondary N) is 1. The number of nitriles is 3. The van der Waals surface area contributed by atoms with Crippen LogP contribution in [0, 0.1) is 34.0 Å². The lowest BCUT2D eigenvalue weighted by atomic mass is 9.84. The smallest absolute Gasteiger partial charge is 0.437 e. The van der Waals surface area contributed by atoms with E-state index in [9.17, 15) is 34.1 Å². The lowest BCUT2D eigenvalue weighted by Crippen LogP contribution is -2.43. The summed E-state index contributed by atoms with van der Waals surface area (Å²) in [7, 11) is 0. The van der Waals surface area contributed by atoms with Crippen molar-refractivity contribution in [2.45, 2.75) is 18.7 Å². The molecular formula is C31H21F3N4O2S. The van der Waals surface area contributed by atoms with E-state index in [4.69, 9.17) is 4.74 Å². The molecule has 0 saturated carbocycles. The molecule has 0 saturated heterocycles. The van der Waals surface area contributed by atoms with Gasteiger partial charge in [0.25, 0.3) is 5.60 Å². The average Bonchev–Trinajstić information content (AvgIpc) is 3.55. The Morgan fingerprint density at radius 3 is 2.20 bits per heavy atom. The molecule has 0 radical (unpaired) electrons. The quantitative estimate of drug-likeness (QED) is 0.282. The monoisotopic (exact) mass is 570 g/mol. The second-order valence-corrected chi connectivity index (χ2v) is 9.83. The highest BCUT2D eigenvalue weighted by Crippen LogP contribution is 2.56. The molecule has 0 aliphatic carbocycles. The Labute approximate surface area is 238 Å². The number of alkyl halides is 3. The van der Waals surface area contributed by atoms with Gasteiger partial charge in [-0.1, -0.05) is 36.4 Å². The molecule has 0 spiro atoms. The van der Waals surface area contributed by atoms with Crippen LogP contribution in [-0.2, 0) is 10.3 Å². The van der Waals surface area contributed by atoms with Gasteiger partial charge in [-0.05, 0) is 49.4 Å². The number of phenolic OH excluding ortho intramolecular Hbond substituents is 1. The Kier molecular flexibility index (Phi) is 8.33. The number of anilines is 1. The number of hydrogen-bond acceptors (Lipinski definition) is 7. The van der Waals surface area contributed by atoms with Gasteiger partial charge in [-0.25, -0.2) is 0 Å². The molecule has 1 unspecified atom stereocenters. The number of allylic oxidation sites excluding steroid dienone is 2. The largest absolute Gasteiger partial charge is 0.507 e. The van der Waals surface area contributed by atoms with Crippen molar-refractivity contribution in [2.24, 2.45) is 0 Å². The molecule has 0 fully saturated rings. The van der Waals surface area contributed by atoms with Crippen molar-refractivity contribution in [1.82, 2.24) is 0 Å². The number of halogens is 3. The van der Waals surface area contributed by atoms with Gasteiger partial charge in [0, 0.05) is 44.8 Å². The maximum Gasteiger partial charge on any atom is 0.437 e. The van der Waals surface area contributed by atoms with E-state index >= 15 is 0 Å². The van der Waals surface area contributed by atoms with Crippen LogP contribution in [0.4, 0.5) is 18.9 Å². The van der Waals surface area contributed by atoms with E-state index in [2.05, 4.69) is 5.32 Å². The normalized spacial score (nSPS) is 16.9. The standard InChI is InChI=1S/C31H21F3N4O2S/c1-2-38-23-10-8-20(28(39)16-23)9-11-24-12-13-25(41-24)14-15-27-26(19-37)29(21(17-35)18-36)40-30(27,31(32,33)34)22-6-4-3-5-7-22/h3-16,38-39H,2H2,1H3/b11-9+,15-14+. The van der Waals surface area contributed by atoms with Gasteiger partial charge in [-0.3, -0.25) is 0 Å². The number of aromatic hydroxyl groups is 1. The number of benzene rings is 2. The second kappa shape index (κ2) is 11.9. The fourth-order valence-corrected chi connectivity index (χ4v) is 5.13. The van der Waals surface area contributed by atoms with Crippen LogP contribution in [-0.4, -0.2) is 17.8 Å². The molecule has 3 aromatic rings. The van der Waals surface area contributed by atoms with Crippen LogP contribution in [0.2, 0.25) is 0 Å². The number of rotatable bonds is 7. The molecule has 6 nitrogen and oxygen atoms in total. The van der Waals surface area contributed by atoms with Crippen LogP contribution in [0.25, 0.3) is 18.2 Å². The summed E-state index contributed by atoms with van der Waals surface area (Å²) in [5.74, 6) is -0.621. The van der Waals surface area contributed by atoms with Crippen molar-refractivity contribution >= 4 is 35.3 Å². The van der Waals surface area contributed by atoms with Gasteiger partial charge in [0.2, 0.25) is 0 Å². The number of hydrogen-bond donors (Lipinski definition) is 2. The summed E-state index contributed by atoms with van der Waals surface area (Å²) in [6.45, 7) is 2.66. The van der Waals surface area contributed by atoms with Crippen molar-refractivity contribution in [2.75, 3.05) is 11.9 Å². The van der Waals surface area contributed by atoms with Crippen molar-refractivity contribution in [1.29, 1.82) is 15.8 Å². The molecule has 0 bridgehead atoms. The van der Waals surface area contributed by atoms with E-state index in [1.165, 1.54) is 59.9 Å². The molecule has 1 aliphatic heterocycles. The molecule has 0 amide bonds. The Balaban J connectivity index is 1.76. The van der Waals surface area contributed by atoms with E-state index in [0.717, 1.165) is 16.6 Å². The van der Waals surface area contributed by atoms with Crippen molar-refractivity contribution in [3.63, 3.8) is 0 Å². The van der Waals surface area contributed by atoms with Crippen molar-refractivity contribution in [3.05, 3.63) is 110 Å². The summed E-state index contributed by atoms with van der Waals surface area (Å²) >= 11 is 1.27. The van der Waals surface area contributed by atoms with Gasteiger partial charge >= 0.3 is 6.18 Å². The number of phenols is 1. The highest BCUT2D eigenvalue weighted by molar-refractivity contribution is 7.13. The Morgan fingerprint density at radius 1 is 0.976 bits per heavy atom. The Bertz CT molecular complexity index is 1700. The van der Waals surface area contributed by atoms with Gasteiger partial charge < -0.3 is 15.2 Å². The molecular weight excluding hydrogens is 549 g/mol. The lowest BCUT2D eigenvalue weighted by Gasteiger charge is -2.33. The first-order valence-electron chi connectivity index (χ1n) is 12.2. The van der Waals surface area contributed by atoms with Crippen LogP contribution in [0.5, 0.6) is 5.75 Å². The topological polar surface area (TPSA) is 113 Å². The summed E-state index contributed by atoms with van der Waals surface area (Å²) < 4.78 is 50.0. The fraction of sp³-hybridized carbons (Fsp3) is 0.129. The predicted molar refractivity (Wildman–Crippen MR) is 151 cm³/mol. The summed E-state index contributed by atoms with van der Waals surface area (Å²) in [6, 6.07) is 20.2. The van der Waals surface area contributed by atoms with Crippen LogP contribution < -0.4 is 5.32 Å². The predicted octanol–water partition coefficient (Wildman–Crippen LogP) is 7.68. The molecule has 2 aromatic carbocycles. The molecule has 41 heavy (non-hydrogen) atoms. The zero-order valence-corrected chi connectivity index (χ0v) is 22.3. The lowest BCUT2D eigenvalue weighted by molar-refractivity contribution is -0.249. The average molecular weight is 571 g/mol. The van der Waals surface area contributed by atoms with Gasteiger partial charge in [0.05, 0.1) is 0 Å². The Morgan fingerprint density at radius 2 is 1.63 bits per heavy atom. The van der Waals surface area contributed by atoms with Gasteiger partial charge in [0.15, 0.2) is 11.3 Å². The molecule has 4 rings (SSSR count). The summed E-state index contributed by atoms with van der Waals surface area (Å²) in [6.07, 6.45) is 0.994. The zero-order valence-electron chi connectivity index (χ0n) is 21.5. The van der Waals surface area contributed by atoms with Gasteiger partial charge in [-0.2, -0.15) is 29.0 Å². The SMILES string of the molecule is CCNc1ccc(/C=C/c2ccc(/C=C/C3=C(C#N)C(=C(C#N)C#N)OC3(c3ccccc3)C(F)(F)F)s2)c(O)c1. The molecule has 2 heterocycles. The summed E-state index contributed by atoms with van der Waals surface area (Å²) in [5, 5.41) is 42.0. The maximum atomic E-state index is 14.9. The first kappa shape index (κ1) is 28.8. The van der Waals surface area contributed by atoms with Gasteiger partial charge in [-0.15, -0.1) is 11.3 Å². The third-order valence-electron chi connectivity index (χ3n) is 6.17. The number of nitrogens with zero attached hydrogens (tertiary/aromatic N) is 3. The minimum atomic E-state index is -5.05. The van der Waals surface area contributed by atoms with Gasteiger partial charge in [0.1, 0.15) is 29.5 Å². The minimum absolute atomic E-state index is 0.0935. The Hall–Kier alpha value is -5.24. The molecule has 1 atom stereocenters. The van der Waals surface area contributed by atoms with E-state index < -0.39 is 34.3 Å². The van der Waals surface area contributed by atoms with Crippen LogP contribution >= 0.6 is 11.3 Å². The van der Waals surface area contributed by atoms with Crippen LogP contribution in [0.15, 0.2) is 89.2 Å². The van der Waals surface area contributed by atoms with E-state index in [0.29, 0.717) is 17.0 Å². The van der Waals surface area contributed by atoms with Crippen LogP contribution in [0.1, 0.15) is 27.8 Å². The summed E-state index contributed by atoms with van der Waals surface area (Å²) in [4.78, 5) is 1.34. The molecule has 1 aromatic heterocycles. The highest BCUT2D eigenvalue weighted by atomic mass is 32.1. The highest BCUT2D eigenvalue weighted by Gasteiger charge is 2.65. The zero-order chi connectivity index (χ0) is 29.6. The molecule has 1 aliphatic rings. The third-order valence-corrected chi connectivity index (χ3v) is 7.19. The van der Waals surface area contributed by atoms with E-state index in [1.807, 2.05) is 13.0 Å². The first-order valence-corrected chi connectivity index (χ1v) is 13.0. The minimum Gasteiger partial charge on any atom is -0.507 e. The fourth-order valence-electron chi connectivity index (χ4n) is 4.32. The second-order valence-electron chi connectivity index (χ2n) is 8.69. The molecule has 2 N–H and O–H groups in total. The maximum absolute atomic E-state index is 14.9. The van der Waals surface area contributed by atoms with E-state index in [1.54, 1.807) is 42.5 Å². The third kappa shape index (κ3) is 5.58. The summed E-state index contributed by atoms with van der Waals surface area (Å²) in [5.41, 5.74) is -3.86. The van der Waals surface area contributed by atoms with Crippen LogP contribution in [0.3, 0.4) is 0 Å².